The summed E-state index contributed by atoms with van der Waals surface area (Å²) in [4.78, 5) is 35.6. The lowest BCUT2D eigenvalue weighted by Gasteiger charge is -2.18. The molecule has 2 rings (SSSR count). The van der Waals surface area contributed by atoms with Crippen LogP contribution in [-0.2, 0) is 27.5 Å². The van der Waals surface area contributed by atoms with Gasteiger partial charge >= 0.3 is 0 Å². The van der Waals surface area contributed by atoms with E-state index < -0.39 is 18.5 Å². The summed E-state index contributed by atoms with van der Waals surface area (Å²) in [7, 11) is 0. The predicted octanol–water partition coefficient (Wildman–Crippen LogP) is 3.29. The number of carbonyl (C=O) groups excluding carboxylic acids is 3. The molecule has 1 heterocycles. The largest absolute Gasteiger partial charge is 0.349 e. The molecule has 1 aromatic rings. The van der Waals surface area contributed by atoms with Gasteiger partial charge in [0.1, 0.15) is 6.67 Å². The minimum absolute atomic E-state index is 0. The van der Waals surface area contributed by atoms with Crippen LogP contribution < -0.4 is 11.1 Å². The van der Waals surface area contributed by atoms with E-state index in [1.165, 1.54) is 18.1 Å². The van der Waals surface area contributed by atoms with Crippen LogP contribution in [0.5, 0.6) is 0 Å². The molecule has 168 valence electrons. The fourth-order valence-electron chi connectivity index (χ4n) is 2.80. The maximum atomic E-state index is 12.4. The molecule has 0 radical (unpaired) electrons. The summed E-state index contributed by atoms with van der Waals surface area (Å²) < 4.78 is 10.8. The number of hydrogen-bond acceptors (Lipinski definition) is 4. The summed E-state index contributed by atoms with van der Waals surface area (Å²) in [6.45, 7) is 5.59. The Morgan fingerprint density at radius 2 is 1.73 bits per heavy atom. The summed E-state index contributed by atoms with van der Waals surface area (Å²) in [5.41, 5.74) is 8.15. The Morgan fingerprint density at radius 3 is 2.17 bits per heavy atom. The van der Waals surface area contributed by atoms with Crippen molar-refractivity contribution in [1.82, 2.24) is 10.2 Å². The van der Waals surface area contributed by atoms with Gasteiger partial charge in [-0.2, -0.15) is 0 Å². The molecular formula is C23H36FN3O3. The third-order valence-corrected chi connectivity index (χ3v) is 4.52. The molecular weight excluding hydrogens is 385 g/mol. The number of halogens is 1. The van der Waals surface area contributed by atoms with Crippen molar-refractivity contribution in [2.45, 2.75) is 72.6 Å². The SMILES string of the molecule is C.CC(=O)CF.CCC[C@@H](/C=C/C(=O)N1Cc2ccccc2C1)NC(=O)[C@@H](N)CC. The molecule has 7 heteroatoms. The Balaban J connectivity index is 0.00000125. The normalized spacial score (nSPS) is 14.1. The van der Waals surface area contributed by atoms with Gasteiger partial charge in [-0.15, -0.1) is 0 Å². The topological polar surface area (TPSA) is 92.5 Å². The summed E-state index contributed by atoms with van der Waals surface area (Å²) in [6.07, 6.45) is 5.66. The molecule has 1 aliphatic heterocycles. The van der Waals surface area contributed by atoms with Crippen LogP contribution in [0.25, 0.3) is 0 Å². The van der Waals surface area contributed by atoms with Gasteiger partial charge in [-0.25, -0.2) is 4.39 Å². The van der Waals surface area contributed by atoms with Crippen LogP contribution in [0.2, 0.25) is 0 Å². The molecule has 0 aromatic heterocycles. The first kappa shape index (κ1) is 27.5. The third-order valence-electron chi connectivity index (χ3n) is 4.52. The number of fused-ring (bicyclic) bond motifs is 1. The molecule has 0 spiro atoms. The van der Waals surface area contributed by atoms with Crippen LogP contribution in [0.1, 0.15) is 58.6 Å². The van der Waals surface area contributed by atoms with Crippen molar-refractivity contribution < 1.29 is 18.8 Å². The first-order chi connectivity index (χ1) is 13.8. The molecule has 0 unspecified atom stereocenters. The second-order valence-electron chi connectivity index (χ2n) is 7.08. The van der Waals surface area contributed by atoms with Crippen molar-refractivity contribution in [2.24, 2.45) is 5.73 Å². The van der Waals surface area contributed by atoms with Gasteiger partial charge in [-0.3, -0.25) is 14.4 Å². The van der Waals surface area contributed by atoms with Gasteiger partial charge in [-0.05, 0) is 30.9 Å². The maximum Gasteiger partial charge on any atom is 0.246 e. The number of amides is 2. The summed E-state index contributed by atoms with van der Waals surface area (Å²) in [5.74, 6) is -0.604. The van der Waals surface area contributed by atoms with E-state index in [0.29, 0.717) is 19.5 Å². The van der Waals surface area contributed by atoms with Crippen LogP contribution in [0.4, 0.5) is 4.39 Å². The molecule has 0 fully saturated rings. The zero-order valence-electron chi connectivity index (χ0n) is 17.5. The highest BCUT2D eigenvalue weighted by atomic mass is 19.1. The quantitative estimate of drug-likeness (QED) is 0.630. The van der Waals surface area contributed by atoms with Crippen molar-refractivity contribution in [1.29, 1.82) is 0 Å². The lowest BCUT2D eigenvalue weighted by molar-refractivity contribution is -0.127. The number of nitrogens with two attached hydrogens (primary N) is 1. The number of nitrogens with zero attached hydrogens (tertiary/aromatic N) is 1. The number of rotatable bonds is 8. The number of carbonyl (C=O) groups is 3. The van der Waals surface area contributed by atoms with Crippen LogP contribution in [0, 0.1) is 0 Å². The standard InChI is InChI=1S/C19H27N3O2.C3H5FO.CH4/c1-3-7-16(21-19(24)17(20)4-2)10-11-18(23)22-12-14-8-5-6-9-15(14)13-22;1-3(5)2-4;/h5-6,8-11,16-17H,3-4,7,12-13,20H2,1-2H3,(H,21,24);2H2,1H3;1H4/b11-10+;;/t16-,17-;;/m0../s1. The van der Waals surface area contributed by atoms with E-state index in [1.54, 1.807) is 12.2 Å². The van der Waals surface area contributed by atoms with Crippen LogP contribution >= 0.6 is 0 Å². The highest BCUT2D eigenvalue weighted by Crippen LogP contribution is 2.22. The van der Waals surface area contributed by atoms with E-state index >= 15 is 0 Å². The van der Waals surface area contributed by atoms with E-state index in [9.17, 15) is 18.8 Å². The van der Waals surface area contributed by atoms with E-state index in [4.69, 9.17) is 5.73 Å². The fourth-order valence-corrected chi connectivity index (χ4v) is 2.80. The van der Waals surface area contributed by atoms with Crippen LogP contribution in [0.3, 0.4) is 0 Å². The summed E-state index contributed by atoms with van der Waals surface area (Å²) >= 11 is 0. The number of hydrogen-bond donors (Lipinski definition) is 2. The zero-order valence-corrected chi connectivity index (χ0v) is 17.5. The highest BCUT2D eigenvalue weighted by molar-refractivity contribution is 5.88. The number of benzene rings is 1. The van der Waals surface area contributed by atoms with E-state index in [-0.39, 0.29) is 25.3 Å². The van der Waals surface area contributed by atoms with Gasteiger partial charge in [0.25, 0.3) is 0 Å². The molecule has 2 amide bonds. The average Bonchev–Trinajstić information content (AvgIpc) is 3.16. The van der Waals surface area contributed by atoms with Gasteiger partial charge in [-0.1, -0.05) is 58.0 Å². The third kappa shape index (κ3) is 9.31. The summed E-state index contributed by atoms with van der Waals surface area (Å²) in [5, 5.41) is 2.91. The predicted molar refractivity (Wildman–Crippen MR) is 118 cm³/mol. The molecule has 2 atom stereocenters. The Hall–Kier alpha value is -2.54. The highest BCUT2D eigenvalue weighted by Gasteiger charge is 2.21. The molecule has 0 saturated carbocycles. The van der Waals surface area contributed by atoms with Gasteiger partial charge in [0.15, 0.2) is 5.78 Å². The van der Waals surface area contributed by atoms with Crippen molar-refractivity contribution in [3.05, 3.63) is 47.5 Å². The minimum atomic E-state index is -0.833. The van der Waals surface area contributed by atoms with Crippen molar-refractivity contribution in [3.63, 3.8) is 0 Å². The molecule has 30 heavy (non-hydrogen) atoms. The second kappa shape index (κ2) is 14.4. The Labute approximate surface area is 179 Å². The second-order valence-corrected chi connectivity index (χ2v) is 7.08. The first-order valence-electron chi connectivity index (χ1n) is 9.97. The van der Waals surface area contributed by atoms with Gasteiger partial charge in [0, 0.05) is 25.2 Å². The van der Waals surface area contributed by atoms with E-state index in [1.807, 2.05) is 30.9 Å². The molecule has 0 bridgehead atoms. The zero-order chi connectivity index (χ0) is 21.8. The van der Waals surface area contributed by atoms with Crippen molar-refractivity contribution in [3.8, 4) is 0 Å². The minimum Gasteiger partial charge on any atom is -0.349 e. The van der Waals surface area contributed by atoms with Crippen LogP contribution in [0.15, 0.2) is 36.4 Å². The van der Waals surface area contributed by atoms with Crippen LogP contribution in [-0.4, -0.2) is 41.3 Å². The maximum absolute atomic E-state index is 12.4. The fraction of sp³-hybridized carbons (Fsp3) is 0.522. The Kier molecular flexibility index (Phi) is 13.2. The molecule has 0 aliphatic carbocycles. The lowest BCUT2D eigenvalue weighted by Crippen LogP contribution is -2.44. The number of nitrogens with one attached hydrogen (secondary N) is 1. The lowest BCUT2D eigenvalue weighted by atomic mass is 10.1. The smallest absolute Gasteiger partial charge is 0.246 e. The van der Waals surface area contributed by atoms with E-state index in [0.717, 1.165) is 12.8 Å². The molecule has 0 saturated heterocycles. The van der Waals surface area contributed by atoms with Gasteiger partial charge in [0.2, 0.25) is 11.8 Å². The van der Waals surface area contributed by atoms with E-state index in [2.05, 4.69) is 17.4 Å². The molecule has 1 aliphatic rings. The van der Waals surface area contributed by atoms with Gasteiger partial charge < -0.3 is 16.0 Å². The van der Waals surface area contributed by atoms with Gasteiger partial charge in [0.05, 0.1) is 6.04 Å². The molecule has 1 aromatic carbocycles. The molecule has 6 nitrogen and oxygen atoms in total. The van der Waals surface area contributed by atoms with Crippen molar-refractivity contribution >= 4 is 17.6 Å². The number of alkyl halides is 1. The summed E-state index contributed by atoms with van der Waals surface area (Å²) in [6, 6.07) is 7.44. The molecule has 3 N–H and O–H groups in total. The Bertz CT molecular complexity index is 696. The van der Waals surface area contributed by atoms with Crippen molar-refractivity contribution in [2.75, 3.05) is 6.67 Å². The Morgan fingerprint density at radius 1 is 1.20 bits per heavy atom. The first-order valence-corrected chi connectivity index (χ1v) is 9.97. The number of ketones is 1. The number of Topliss-reactive ketones (excluding diaryl/α,β-unsaturated/α-hetero) is 1. The average molecular weight is 422 g/mol. The monoisotopic (exact) mass is 421 g/mol.